The molecule has 0 atom stereocenters. The van der Waals surface area contributed by atoms with Crippen molar-refractivity contribution in [2.24, 2.45) is 0 Å². The van der Waals surface area contributed by atoms with Crippen LogP contribution < -0.4 is 15.6 Å². The maximum absolute atomic E-state index is 12.4. The average molecular weight is 475 g/mol. The molecule has 0 fully saturated rings. The molecule has 0 aliphatic heterocycles. The van der Waals surface area contributed by atoms with Gasteiger partial charge < -0.3 is 10.1 Å². The van der Waals surface area contributed by atoms with Gasteiger partial charge >= 0.3 is 0 Å². The molecule has 0 bridgehead atoms. The standard InChI is InChI=1S/C20H18IN3O3/c1-14-7-8-15(13-17(14)21)22-20(26)18-9-10-19(25)24(23-18)11-12-27-16-5-3-2-4-6-16/h2-10,13H,11-12H2,1H3,(H,22,26). The molecule has 0 radical (unpaired) electrons. The van der Waals surface area contributed by atoms with E-state index in [4.69, 9.17) is 4.74 Å². The largest absolute Gasteiger partial charge is 0.492 e. The van der Waals surface area contributed by atoms with Crippen molar-refractivity contribution in [3.05, 3.63) is 85.8 Å². The zero-order chi connectivity index (χ0) is 19.2. The van der Waals surface area contributed by atoms with Crippen LogP contribution in [0.1, 0.15) is 16.1 Å². The number of rotatable bonds is 6. The summed E-state index contributed by atoms with van der Waals surface area (Å²) >= 11 is 2.21. The van der Waals surface area contributed by atoms with Crippen LogP contribution in [0.15, 0.2) is 65.5 Å². The molecule has 0 saturated heterocycles. The minimum absolute atomic E-state index is 0.171. The maximum atomic E-state index is 12.4. The van der Waals surface area contributed by atoms with Crippen LogP contribution in [0.5, 0.6) is 5.75 Å². The number of aromatic nitrogens is 2. The molecule has 0 aliphatic carbocycles. The molecule has 0 spiro atoms. The van der Waals surface area contributed by atoms with Gasteiger partial charge in [0.2, 0.25) is 0 Å². The molecule has 7 heteroatoms. The normalized spacial score (nSPS) is 10.4. The lowest BCUT2D eigenvalue weighted by Crippen LogP contribution is -2.28. The van der Waals surface area contributed by atoms with Gasteiger partial charge in [0.1, 0.15) is 18.1 Å². The SMILES string of the molecule is Cc1ccc(NC(=O)c2ccc(=O)n(CCOc3ccccc3)n2)cc1I. The minimum atomic E-state index is -0.368. The fraction of sp³-hybridized carbons (Fsp3) is 0.150. The molecule has 27 heavy (non-hydrogen) atoms. The van der Waals surface area contributed by atoms with Gasteiger partial charge in [-0.1, -0.05) is 24.3 Å². The number of hydrogen-bond acceptors (Lipinski definition) is 4. The highest BCUT2D eigenvalue weighted by atomic mass is 127. The van der Waals surface area contributed by atoms with Crippen molar-refractivity contribution in [2.45, 2.75) is 13.5 Å². The number of carbonyl (C=O) groups is 1. The Hall–Kier alpha value is -2.68. The number of nitrogens with zero attached hydrogens (tertiary/aromatic N) is 2. The van der Waals surface area contributed by atoms with Crippen LogP contribution in [0.3, 0.4) is 0 Å². The molecule has 3 aromatic rings. The molecule has 1 N–H and O–H groups in total. The maximum Gasteiger partial charge on any atom is 0.276 e. The van der Waals surface area contributed by atoms with Crippen LogP contribution >= 0.6 is 22.6 Å². The van der Waals surface area contributed by atoms with Crippen LogP contribution in [-0.4, -0.2) is 22.3 Å². The molecule has 3 rings (SSSR count). The fourth-order valence-corrected chi connectivity index (χ4v) is 2.88. The second-order valence-corrected chi connectivity index (χ2v) is 7.02. The van der Waals surface area contributed by atoms with Crippen LogP contribution in [0, 0.1) is 10.5 Å². The second kappa shape index (κ2) is 8.81. The van der Waals surface area contributed by atoms with Crippen LogP contribution in [-0.2, 0) is 6.54 Å². The second-order valence-electron chi connectivity index (χ2n) is 5.86. The number of benzene rings is 2. The highest BCUT2D eigenvalue weighted by molar-refractivity contribution is 14.1. The third-order valence-corrected chi connectivity index (χ3v) is 5.01. The lowest BCUT2D eigenvalue weighted by molar-refractivity contribution is 0.101. The van der Waals surface area contributed by atoms with Crippen molar-refractivity contribution in [1.82, 2.24) is 9.78 Å². The van der Waals surface area contributed by atoms with Crippen LogP contribution in [0.2, 0.25) is 0 Å². The van der Waals surface area contributed by atoms with Crippen LogP contribution in [0.25, 0.3) is 0 Å². The number of amides is 1. The van der Waals surface area contributed by atoms with E-state index < -0.39 is 0 Å². The summed E-state index contributed by atoms with van der Waals surface area (Å²) in [7, 11) is 0. The summed E-state index contributed by atoms with van der Waals surface area (Å²) in [5.74, 6) is 0.348. The quantitative estimate of drug-likeness (QED) is 0.555. The van der Waals surface area contributed by atoms with Gasteiger partial charge in [0.25, 0.3) is 11.5 Å². The molecule has 0 unspecified atom stereocenters. The highest BCUT2D eigenvalue weighted by Gasteiger charge is 2.11. The van der Waals surface area contributed by atoms with Crippen LogP contribution in [0.4, 0.5) is 5.69 Å². The van der Waals surface area contributed by atoms with Gasteiger partial charge in [-0.05, 0) is 65.4 Å². The first-order chi connectivity index (χ1) is 13.0. The van der Waals surface area contributed by atoms with E-state index in [1.165, 1.54) is 16.8 Å². The molecular formula is C20H18IN3O3. The fourth-order valence-electron chi connectivity index (χ4n) is 2.36. The van der Waals surface area contributed by atoms with E-state index in [0.29, 0.717) is 11.4 Å². The molecular weight excluding hydrogens is 457 g/mol. The predicted molar refractivity (Wildman–Crippen MR) is 112 cm³/mol. The van der Waals surface area contributed by atoms with Crippen molar-refractivity contribution in [3.63, 3.8) is 0 Å². The van der Waals surface area contributed by atoms with E-state index in [0.717, 1.165) is 9.13 Å². The lowest BCUT2D eigenvalue weighted by atomic mass is 10.2. The zero-order valence-electron chi connectivity index (χ0n) is 14.7. The summed E-state index contributed by atoms with van der Waals surface area (Å²) < 4.78 is 7.87. The first-order valence-corrected chi connectivity index (χ1v) is 9.44. The Kier molecular flexibility index (Phi) is 6.23. The highest BCUT2D eigenvalue weighted by Crippen LogP contribution is 2.17. The molecule has 1 heterocycles. The van der Waals surface area contributed by atoms with Crippen molar-refractivity contribution < 1.29 is 9.53 Å². The monoisotopic (exact) mass is 475 g/mol. The smallest absolute Gasteiger partial charge is 0.276 e. The molecule has 0 saturated carbocycles. The Morgan fingerprint density at radius 2 is 1.93 bits per heavy atom. The Labute approximate surface area is 170 Å². The summed E-state index contributed by atoms with van der Waals surface area (Å²) in [6, 6.07) is 17.7. The number of ether oxygens (including phenoxy) is 1. The van der Waals surface area contributed by atoms with E-state index in [1.54, 1.807) is 0 Å². The van der Waals surface area contributed by atoms with Gasteiger partial charge in [-0.15, -0.1) is 0 Å². The summed E-state index contributed by atoms with van der Waals surface area (Å²) in [4.78, 5) is 24.4. The van der Waals surface area contributed by atoms with Crippen molar-refractivity contribution in [3.8, 4) is 5.75 Å². The van der Waals surface area contributed by atoms with Crippen molar-refractivity contribution >= 4 is 34.2 Å². The number of hydrogen-bond donors (Lipinski definition) is 1. The first-order valence-electron chi connectivity index (χ1n) is 8.36. The van der Waals surface area contributed by atoms with Gasteiger partial charge in [-0.2, -0.15) is 5.10 Å². The molecule has 1 amide bonds. The number of aryl methyl sites for hydroxylation is 1. The number of anilines is 1. The Morgan fingerprint density at radius 1 is 1.15 bits per heavy atom. The van der Waals surface area contributed by atoms with Gasteiger partial charge in [-0.25, -0.2) is 4.68 Å². The summed E-state index contributed by atoms with van der Waals surface area (Å²) in [6.07, 6.45) is 0. The Balaban J connectivity index is 1.67. The van der Waals surface area contributed by atoms with E-state index in [9.17, 15) is 9.59 Å². The lowest BCUT2D eigenvalue weighted by Gasteiger charge is -2.10. The Morgan fingerprint density at radius 3 is 2.67 bits per heavy atom. The molecule has 138 valence electrons. The summed E-state index contributed by atoms with van der Waals surface area (Å²) in [5, 5.41) is 6.95. The van der Waals surface area contributed by atoms with Crippen molar-refractivity contribution in [2.75, 3.05) is 11.9 Å². The number of para-hydroxylation sites is 1. The van der Waals surface area contributed by atoms with E-state index in [2.05, 4.69) is 33.0 Å². The first kappa shape index (κ1) is 19.1. The third-order valence-electron chi connectivity index (χ3n) is 3.84. The van der Waals surface area contributed by atoms with E-state index >= 15 is 0 Å². The van der Waals surface area contributed by atoms with Crippen molar-refractivity contribution in [1.29, 1.82) is 0 Å². The van der Waals surface area contributed by atoms with Gasteiger partial charge in [0.05, 0.1) is 6.54 Å². The topological polar surface area (TPSA) is 73.2 Å². The molecule has 0 aliphatic rings. The molecule has 1 aromatic heterocycles. The van der Waals surface area contributed by atoms with E-state index in [-0.39, 0.29) is 30.3 Å². The zero-order valence-corrected chi connectivity index (χ0v) is 16.8. The predicted octanol–water partition coefficient (Wildman–Crippen LogP) is 3.49. The number of carbonyl (C=O) groups excluding carboxylic acids is 1. The summed E-state index contributed by atoms with van der Waals surface area (Å²) in [5.41, 5.74) is 1.71. The number of halogens is 1. The van der Waals surface area contributed by atoms with Gasteiger partial charge in [0, 0.05) is 15.3 Å². The third kappa shape index (κ3) is 5.16. The minimum Gasteiger partial charge on any atom is -0.492 e. The molecule has 6 nitrogen and oxygen atoms in total. The Bertz CT molecular complexity index is 1000. The molecule has 2 aromatic carbocycles. The van der Waals surface area contributed by atoms with E-state index in [1.807, 2.05) is 55.5 Å². The van der Waals surface area contributed by atoms with Gasteiger partial charge in [0.15, 0.2) is 0 Å². The number of nitrogens with one attached hydrogen (secondary N) is 1. The average Bonchev–Trinajstić information content (AvgIpc) is 2.67. The summed E-state index contributed by atoms with van der Waals surface area (Å²) in [6.45, 7) is 2.53. The van der Waals surface area contributed by atoms with Gasteiger partial charge in [-0.3, -0.25) is 9.59 Å².